The van der Waals surface area contributed by atoms with E-state index in [0.717, 1.165) is 32.6 Å². The van der Waals surface area contributed by atoms with Crippen molar-refractivity contribution in [3.8, 4) is 0 Å². The molecule has 0 bridgehead atoms. The minimum absolute atomic E-state index is 0.255. The lowest BCUT2D eigenvalue weighted by atomic mass is 10.2. The summed E-state index contributed by atoms with van der Waals surface area (Å²) in [5, 5.41) is 11.4. The van der Waals surface area contributed by atoms with Crippen LogP contribution in [0.1, 0.15) is 33.1 Å². The van der Waals surface area contributed by atoms with E-state index in [4.69, 9.17) is 15.7 Å². The molecular weight excluding hydrogens is 206 g/mol. The first-order chi connectivity index (χ1) is 7.61. The summed E-state index contributed by atoms with van der Waals surface area (Å²) in [4.78, 5) is 2.14. The molecule has 3 N–H and O–H groups in total. The first kappa shape index (κ1) is 15.2. The normalized spacial score (nSPS) is 14.4. The monoisotopic (exact) mass is 231 g/mol. The molecule has 0 radical (unpaired) electrons. The van der Waals surface area contributed by atoms with Crippen LogP contribution in [-0.2, 0) is 4.74 Å². The van der Waals surface area contributed by atoms with E-state index in [1.54, 1.807) is 0 Å². The molecule has 0 amide bonds. The van der Waals surface area contributed by atoms with E-state index in [1.807, 2.05) is 14.0 Å². The first-order valence-corrected chi connectivity index (χ1v) is 5.86. The highest BCUT2D eigenvalue weighted by atomic mass is 16.5. The summed E-state index contributed by atoms with van der Waals surface area (Å²) >= 11 is 0. The number of nitrogens with two attached hydrogens (primary N) is 1. The lowest BCUT2D eigenvalue weighted by Gasteiger charge is -2.23. The fraction of sp³-hybridized carbons (Fsp3) is 0.909. The van der Waals surface area contributed by atoms with Crippen LogP contribution in [0.15, 0.2) is 5.16 Å². The lowest BCUT2D eigenvalue weighted by molar-refractivity contribution is 0.0995. The summed E-state index contributed by atoms with van der Waals surface area (Å²) < 4.78 is 5.47. The van der Waals surface area contributed by atoms with Gasteiger partial charge in [-0.05, 0) is 20.4 Å². The van der Waals surface area contributed by atoms with E-state index in [-0.39, 0.29) is 11.9 Å². The van der Waals surface area contributed by atoms with E-state index < -0.39 is 0 Å². The molecule has 16 heavy (non-hydrogen) atoms. The van der Waals surface area contributed by atoms with Gasteiger partial charge in [-0.25, -0.2) is 0 Å². The van der Waals surface area contributed by atoms with Crippen LogP contribution in [0.2, 0.25) is 0 Å². The highest BCUT2D eigenvalue weighted by Gasteiger charge is 2.10. The van der Waals surface area contributed by atoms with Crippen LogP contribution in [0.5, 0.6) is 0 Å². The summed E-state index contributed by atoms with van der Waals surface area (Å²) in [5.41, 5.74) is 5.45. The highest BCUT2D eigenvalue weighted by molar-refractivity contribution is 5.80. The summed E-state index contributed by atoms with van der Waals surface area (Å²) in [6, 6.07) is 0.255. The molecule has 5 nitrogen and oxygen atoms in total. The van der Waals surface area contributed by atoms with Crippen LogP contribution in [0.3, 0.4) is 0 Å². The number of ether oxygens (including phenoxy) is 1. The van der Waals surface area contributed by atoms with Crippen molar-refractivity contribution < 1.29 is 9.94 Å². The van der Waals surface area contributed by atoms with Crippen molar-refractivity contribution in [2.45, 2.75) is 39.2 Å². The van der Waals surface area contributed by atoms with Crippen LogP contribution >= 0.6 is 0 Å². The van der Waals surface area contributed by atoms with Crippen molar-refractivity contribution in [1.29, 1.82) is 0 Å². The van der Waals surface area contributed by atoms with Gasteiger partial charge < -0.3 is 20.6 Å². The zero-order chi connectivity index (χ0) is 12.4. The van der Waals surface area contributed by atoms with Gasteiger partial charge in [0, 0.05) is 25.6 Å². The Bertz CT molecular complexity index is 198. The quantitative estimate of drug-likeness (QED) is 0.206. The molecule has 0 saturated heterocycles. The van der Waals surface area contributed by atoms with Crippen LogP contribution < -0.4 is 5.73 Å². The maximum Gasteiger partial charge on any atom is 0.140 e. The number of unbranched alkanes of at least 4 members (excludes halogenated alkanes) is 1. The van der Waals surface area contributed by atoms with Gasteiger partial charge in [0.25, 0.3) is 0 Å². The number of rotatable bonds is 9. The Hall–Kier alpha value is -0.810. The van der Waals surface area contributed by atoms with Gasteiger partial charge in [-0.1, -0.05) is 18.5 Å². The number of oxime groups is 1. The standard InChI is InChI=1S/C11H25N3O2/c1-4-5-7-16-8-6-14(3)10(2)9-11(12)13-15/h10,15H,4-9H2,1-3H3,(H2,12,13). The molecule has 0 aliphatic rings. The van der Waals surface area contributed by atoms with Crippen molar-refractivity contribution >= 4 is 5.84 Å². The van der Waals surface area contributed by atoms with Crippen LogP contribution in [-0.4, -0.2) is 48.8 Å². The van der Waals surface area contributed by atoms with Gasteiger partial charge in [0.15, 0.2) is 0 Å². The summed E-state index contributed by atoms with van der Waals surface area (Å²) in [6.07, 6.45) is 2.85. The molecule has 0 saturated carbocycles. The fourth-order valence-electron chi connectivity index (χ4n) is 1.28. The Labute approximate surface area is 98.2 Å². The summed E-state index contributed by atoms with van der Waals surface area (Å²) in [6.45, 7) is 6.62. The molecule has 1 unspecified atom stereocenters. The predicted molar refractivity (Wildman–Crippen MR) is 65.8 cm³/mol. The molecule has 0 rings (SSSR count). The molecule has 1 atom stereocenters. The van der Waals surface area contributed by atoms with E-state index >= 15 is 0 Å². The van der Waals surface area contributed by atoms with Crippen molar-refractivity contribution in [3.63, 3.8) is 0 Å². The second-order valence-corrected chi connectivity index (χ2v) is 4.09. The second kappa shape index (κ2) is 9.42. The van der Waals surface area contributed by atoms with Gasteiger partial charge in [0.1, 0.15) is 5.84 Å². The largest absolute Gasteiger partial charge is 0.409 e. The molecule has 0 heterocycles. The maximum atomic E-state index is 8.46. The molecule has 0 aromatic heterocycles. The average molecular weight is 231 g/mol. The van der Waals surface area contributed by atoms with Crippen LogP contribution in [0, 0.1) is 0 Å². The van der Waals surface area contributed by atoms with Gasteiger partial charge in [-0.3, -0.25) is 0 Å². The van der Waals surface area contributed by atoms with E-state index in [2.05, 4.69) is 17.0 Å². The highest BCUT2D eigenvalue weighted by Crippen LogP contribution is 2.00. The first-order valence-electron chi connectivity index (χ1n) is 5.86. The average Bonchev–Trinajstić information content (AvgIpc) is 2.28. The van der Waals surface area contributed by atoms with E-state index in [0.29, 0.717) is 6.42 Å². The predicted octanol–water partition coefficient (Wildman–Crippen LogP) is 1.26. The summed E-state index contributed by atoms with van der Waals surface area (Å²) in [5.74, 6) is 0.270. The van der Waals surface area contributed by atoms with Crippen LogP contribution in [0.25, 0.3) is 0 Å². The molecule has 5 heteroatoms. The minimum atomic E-state index is 0.255. The minimum Gasteiger partial charge on any atom is -0.409 e. The van der Waals surface area contributed by atoms with Crippen molar-refractivity contribution in [3.05, 3.63) is 0 Å². The Balaban J connectivity index is 3.59. The molecule has 0 fully saturated rings. The zero-order valence-electron chi connectivity index (χ0n) is 10.6. The Morgan fingerprint density at radius 2 is 2.19 bits per heavy atom. The SMILES string of the molecule is CCCCOCCN(C)C(C)CC(N)=NO. The summed E-state index contributed by atoms with van der Waals surface area (Å²) in [7, 11) is 2.01. The van der Waals surface area contributed by atoms with Crippen molar-refractivity contribution in [2.24, 2.45) is 10.9 Å². The lowest BCUT2D eigenvalue weighted by Crippen LogP contribution is -2.35. The van der Waals surface area contributed by atoms with Crippen molar-refractivity contribution in [1.82, 2.24) is 4.90 Å². The Morgan fingerprint density at radius 3 is 2.75 bits per heavy atom. The van der Waals surface area contributed by atoms with Gasteiger partial charge in [-0.15, -0.1) is 0 Å². The topological polar surface area (TPSA) is 71.1 Å². The smallest absolute Gasteiger partial charge is 0.140 e. The van der Waals surface area contributed by atoms with Gasteiger partial charge >= 0.3 is 0 Å². The number of hydrogen-bond donors (Lipinski definition) is 2. The van der Waals surface area contributed by atoms with Crippen molar-refractivity contribution in [2.75, 3.05) is 26.8 Å². The molecule has 0 aromatic rings. The maximum absolute atomic E-state index is 8.46. The third kappa shape index (κ3) is 7.48. The molecular formula is C11H25N3O2. The molecule has 0 aliphatic heterocycles. The van der Waals surface area contributed by atoms with E-state index in [9.17, 15) is 0 Å². The third-order valence-corrected chi connectivity index (χ3v) is 2.62. The number of likely N-dealkylation sites (N-methyl/N-ethyl adjacent to an activating group) is 1. The van der Waals surface area contributed by atoms with E-state index in [1.165, 1.54) is 0 Å². The molecule has 0 spiro atoms. The Kier molecular flexibility index (Phi) is 8.94. The zero-order valence-corrected chi connectivity index (χ0v) is 10.6. The number of hydrogen-bond acceptors (Lipinski definition) is 4. The Morgan fingerprint density at radius 1 is 1.50 bits per heavy atom. The fourth-order valence-corrected chi connectivity index (χ4v) is 1.28. The van der Waals surface area contributed by atoms with Gasteiger partial charge in [-0.2, -0.15) is 0 Å². The van der Waals surface area contributed by atoms with Gasteiger partial charge in [0.05, 0.1) is 6.61 Å². The number of nitrogens with zero attached hydrogens (tertiary/aromatic N) is 2. The molecule has 96 valence electrons. The second-order valence-electron chi connectivity index (χ2n) is 4.09. The third-order valence-electron chi connectivity index (χ3n) is 2.62. The van der Waals surface area contributed by atoms with Crippen LogP contribution in [0.4, 0.5) is 0 Å². The molecule has 0 aromatic carbocycles. The number of amidine groups is 1. The van der Waals surface area contributed by atoms with Gasteiger partial charge in [0.2, 0.25) is 0 Å². The molecule has 0 aliphatic carbocycles.